The lowest BCUT2D eigenvalue weighted by Crippen LogP contribution is -3.09. The fourth-order valence-electron chi connectivity index (χ4n) is 1.48. The Hall–Kier alpha value is -0.0400. The van der Waals surface area contributed by atoms with Crippen molar-refractivity contribution in [3.05, 3.63) is 0 Å². The van der Waals surface area contributed by atoms with Gasteiger partial charge in [0.1, 0.15) is 0 Å². The minimum absolute atomic E-state index is 1.35. The zero-order chi connectivity index (χ0) is 9.23. The first-order chi connectivity index (χ1) is 5.81. The van der Waals surface area contributed by atoms with Gasteiger partial charge in [-0.05, 0) is 25.7 Å². The van der Waals surface area contributed by atoms with Crippen molar-refractivity contribution in [2.45, 2.75) is 52.4 Å². The molecule has 1 nitrogen and oxygen atoms in total. The second kappa shape index (κ2) is 9.05. The first-order valence-corrected chi connectivity index (χ1v) is 5.62. The molecule has 0 aromatic heterocycles. The Bertz CT molecular complexity index is 71.1. The van der Waals surface area contributed by atoms with E-state index in [0.29, 0.717) is 0 Å². The Morgan fingerprint density at radius 3 is 1.50 bits per heavy atom. The largest absolute Gasteiger partial charge is 0.337 e. The second-order valence-electron chi connectivity index (χ2n) is 3.87. The summed E-state index contributed by atoms with van der Waals surface area (Å²) in [6.45, 7) is 7.29. The van der Waals surface area contributed by atoms with E-state index >= 15 is 0 Å². The van der Waals surface area contributed by atoms with Crippen LogP contribution in [0.5, 0.6) is 0 Å². The Morgan fingerprint density at radius 2 is 1.17 bits per heavy atom. The molecular formula is C11H26N+. The molecule has 0 saturated carbocycles. The lowest BCUT2D eigenvalue weighted by atomic mass is 10.2. The molecule has 1 heteroatoms. The van der Waals surface area contributed by atoms with Gasteiger partial charge in [-0.2, -0.15) is 0 Å². The molecule has 12 heavy (non-hydrogen) atoms. The number of unbranched alkanes of at least 4 members (excludes halogenated alkanes) is 4. The Kier molecular flexibility index (Phi) is 9.02. The average Bonchev–Trinajstić information content (AvgIpc) is 2.06. The molecule has 0 rings (SSSR count). The van der Waals surface area contributed by atoms with Crippen molar-refractivity contribution in [3.63, 3.8) is 0 Å². The molecule has 0 heterocycles. The molecule has 0 atom stereocenters. The lowest BCUT2D eigenvalue weighted by Gasteiger charge is -2.12. The first kappa shape index (κ1) is 12.0. The molecule has 0 bridgehead atoms. The zero-order valence-corrected chi connectivity index (χ0v) is 9.16. The van der Waals surface area contributed by atoms with Gasteiger partial charge in [0.15, 0.2) is 0 Å². The highest BCUT2D eigenvalue weighted by molar-refractivity contribution is 4.36. The van der Waals surface area contributed by atoms with Crippen molar-refractivity contribution in [1.82, 2.24) is 0 Å². The summed E-state index contributed by atoms with van der Waals surface area (Å²) < 4.78 is 0. The third kappa shape index (κ3) is 8.06. The molecular weight excluding hydrogens is 146 g/mol. The van der Waals surface area contributed by atoms with Crippen LogP contribution in [-0.2, 0) is 0 Å². The standard InChI is InChI=1S/C11H25N/c1-4-6-8-10-12(3)11-9-7-5-2/h4-11H2,1-3H3/p+1. The van der Waals surface area contributed by atoms with Crippen LogP contribution in [0.1, 0.15) is 52.4 Å². The van der Waals surface area contributed by atoms with Gasteiger partial charge in [0.05, 0.1) is 20.1 Å². The summed E-state index contributed by atoms with van der Waals surface area (Å²) in [6, 6.07) is 0. The fourth-order valence-corrected chi connectivity index (χ4v) is 1.48. The third-order valence-electron chi connectivity index (χ3n) is 2.41. The van der Waals surface area contributed by atoms with Crippen molar-refractivity contribution in [2.75, 3.05) is 20.1 Å². The van der Waals surface area contributed by atoms with Crippen LogP contribution in [-0.4, -0.2) is 20.1 Å². The van der Waals surface area contributed by atoms with Gasteiger partial charge in [0, 0.05) is 0 Å². The van der Waals surface area contributed by atoms with Crippen molar-refractivity contribution in [3.8, 4) is 0 Å². The van der Waals surface area contributed by atoms with Gasteiger partial charge in [0.25, 0.3) is 0 Å². The third-order valence-corrected chi connectivity index (χ3v) is 2.41. The Morgan fingerprint density at radius 1 is 0.750 bits per heavy atom. The molecule has 0 spiro atoms. The number of hydrogen-bond donors (Lipinski definition) is 1. The molecule has 0 aliphatic carbocycles. The van der Waals surface area contributed by atoms with Crippen LogP contribution in [0.4, 0.5) is 0 Å². The minimum Gasteiger partial charge on any atom is -0.337 e. The van der Waals surface area contributed by atoms with E-state index in [9.17, 15) is 0 Å². The van der Waals surface area contributed by atoms with Gasteiger partial charge in [-0.15, -0.1) is 0 Å². The predicted molar refractivity (Wildman–Crippen MR) is 55.7 cm³/mol. The second-order valence-corrected chi connectivity index (χ2v) is 3.87. The van der Waals surface area contributed by atoms with Gasteiger partial charge in [-0.3, -0.25) is 0 Å². The summed E-state index contributed by atoms with van der Waals surface area (Å²) in [5, 5.41) is 0. The molecule has 0 aromatic rings. The first-order valence-electron chi connectivity index (χ1n) is 5.62. The number of hydrogen-bond acceptors (Lipinski definition) is 0. The number of nitrogens with one attached hydrogen (secondary N) is 1. The SMILES string of the molecule is CCCCC[NH+](C)CCCCC. The molecule has 0 amide bonds. The average molecular weight is 172 g/mol. The van der Waals surface area contributed by atoms with E-state index < -0.39 is 0 Å². The highest BCUT2D eigenvalue weighted by atomic mass is 15.1. The highest BCUT2D eigenvalue weighted by Crippen LogP contribution is 1.91. The summed E-state index contributed by atoms with van der Waals surface area (Å²) in [7, 11) is 2.32. The van der Waals surface area contributed by atoms with Gasteiger partial charge >= 0.3 is 0 Å². The summed E-state index contributed by atoms with van der Waals surface area (Å²) in [5.74, 6) is 0. The summed E-state index contributed by atoms with van der Waals surface area (Å²) in [6.07, 6.45) is 8.34. The molecule has 0 aliphatic heterocycles. The Balaban J connectivity index is 3.04. The molecule has 1 N–H and O–H groups in total. The monoisotopic (exact) mass is 172 g/mol. The summed E-state index contributed by atoms with van der Waals surface area (Å²) in [4.78, 5) is 1.72. The van der Waals surface area contributed by atoms with Crippen LogP contribution in [0, 0.1) is 0 Å². The van der Waals surface area contributed by atoms with Crippen molar-refractivity contribution in [2.24, 2.45) is 0 Å². The van der Waals surface area contributed by atoms with E-state index in [2.05, 4.69) is 20.9 Å². The van der Waals surface area contributed by atoms with E-state index in [-0.39, 0.29) is 0 Å². The lowest BCUT2D eigenvalue weighted by molar-refractivity contribution is -0.880. The smallest absolute Gasteiger partial charge is 0.0768 e. The van der Waals surface area contributed by atoms with Gasteiger partial charge < -0.3 is 4.90 Å². The van der Waals surface area contributed by atoms with Crippen LogP contribution in [0.15, 0.2) is 0 Å². The number of quaternary nitrogens is 1. The topological polar surface area (TPSA) is 4.44 Å². The van der Waals surface area contributed by atoms with E-state index in [4.69, 9.17) is 0 Å². The summed E-state index contributed by atoms with van der Waals surface area (Å²) >= 11 is 0. The molecule has 74 valence electrons. The fraction of sp³-hybridized carbons (Fsp3) is 1.00. The molecule has 0 radical (unpaired) electrons. The van der Waals surface area contributed by atoms with Gasteiger partial charge in [-0.1, -0.05) is 26.7 Å². The van der Waals surface area contributed by atoms with Gasteiger partial charge in [0.2, 0.25) is 0 Å². The van der Waals surface area contributed by atoms with E-state index in [1.165, 1.54) is 51.6 Å². The summed E-state index contributed by atoms with van der Waals surface area (Å²) in [5.41, 5.74) is 0. The van der Waals surface area contributed by atoms with E-state index in [1.54, 1.807) is 4.90 Å². The van der Waals surface area contributed by atoms with Crippen LogP contribution in [0.2, 0.25) is 0 Å². The van der Waals surface area contributed by atoms with Crippen LogP contribution >= 0.6 is 0 Å². The number of rotatable bonds is 8. The quantitative estimate of drug-likeness (QED) is 0.533. The van der Waals surface area contributed by atoms with E-state index in [1.807, 2.05) is 0 Å². The van der Waals surface area contributed by atoms with Gasteiger partial charge in [-0.25, -0.2) is 0 Å². The molecule has 0 saturated heterocycles. The maximum atomic E-state index is 2.32. The Labute approximate surface area is 78.1 Å². The predicted octanol–water partition coefficient (Wildman–Crippen LogP) is 1.88. The van der Waals surface area contributed by atoms with Crippen molar-refractivity contribution in [1.29, 1.82) is 0 Å². The molecule has 0 unspecified atom stereocenters. The van der Waals surface area contributed by atoms with Crippen molar-refractivity contribution < 1.29 is 4.90 Å². The molecule has 0 fully saturated rings. The van der Waals surface area contributed by atoms with Crippen molar-refractivity contribution >= 4 is 0 Å². The van der Waals surface area contributed by atoms with Crippen LogP contribution < -0.4 is 4.90 Å². The molecule has 0 aromatic carbocycles. The maximum Gasteiger partial charge on any atom is 0.0768 e. The normalized spacial score (nSPS) is 11.0. The maximum absolute atomic E-state index is 2.32. The van der Waals surface area contributed by atoms with Crippen LogP contribution in [0.25, 0.3) is 0 Å². The molecule has 0 aliphatic rings. The zero-order valence-electron chi connectivity index (χ0n) is 9.16. The van der Waals surface area contributed by atoms with E-state index in [0.717, 1.165) is 0 Å². The minimum atomic E-state index is 1.35. The highest BCUT2D eigenvalue weighted by Gasteiger charge is 1.99. The van der Waals surface area contributed by atoms with Crippen LogP contribution in [0.3, 0.4) is 0 Å².